The number of thiophene rings is 1. The summed E-state index contributed by atoms with van der Waals surface area (Å²) in [5, 5.41) is 4.47. The molecule has 2 rings (SSSR count). The van der Waals surface area contributed by atoms with Crippen molar-refractivity contribution in [3.05, 3.63) is 17.3 Å². The fraction of sp³-hybridized carbons (Fsp3) is 0.500. The highest BCUT2D eigenvalue weighted by atomic mass is 35.5. The van der Waals surface area contributed by atoms with Gasteiger partial charge in [-0.25, -0.2) is 9.97 Å². The summed E-state index contributed by atoms with van der Waals surface area (Å²) in [4.78, 5) is 11.0. The Bertz CT molecular complexity index is 497. The Balaban J connectivity index is 2.24. The van der Waals surface area contributed by atoms with Crippen molar-refractivity contribution in [1.29, 1.82) is 0 Å². The second kappa shape index (κ2) is 5.65. The van der Waals surface area contributed by atoms with Crippen molar-refractivity contribution in [3.8, 4) is 0 Å². The van der Waals surface area contributed by atoms with Gasteiger partial charge in [-0.1, -0.05) is 13.8 Å². The molecule has 2 heterocycles. The molecule has 0 spiro atoms. The molecule has 2 aromatic rings. The number of alkyl halides is 1. The third-order valence-corrected chi connectivity index (χ3v) is 4.32. The van der Waals surface area contributed by atoms with Crippen LogP contribution < -0.4 is 5.32 Å². The van der Waals surface area contributed by atoms with Gasteiger partial charge >= 0.3 is 0 Å². The van der Waals surface area contributed by atoms with Crippen molar-refractivity contribution in [1.82, 2.24) is 9.97 Å². The van der Waals surface area contributed by atoms with Gasteiger partial charge in [-0.05, 0) is 18.4 Å². The molecule has 3 nitrogen and oxygen atoms in total. The van der Waals surface area contributed by atoms with Crippen molar-refractivity contribution in [2.45, 2.75) is 20.3 Å². The summed E-state index contributed by atoms with van der Waals surface area (Å²) in [5.74, 6) is 2.01. The molecular formula is C12H16ClN3S. The number of anilines is 1. The zero-order chi connectivity index (χ0) is 12.3. The summed E-state index contributed by atoms with van der Waals surface area (Å²) in [6.07, 6.45) is 2.66. The first-order valence-corrected chi connectivity index (χ1v) is 7.13. The van der Waals surface area contributed by atoms with Crippen molar-refractivity contribution in [2.75, 3.05) is 17.7 Å². The molecule has 1 unspecified atom stereocenters. The minimum atomic E-state index is 0.436. The van der Waals surface area contributed by atoms with E-state index in [4.69, 9.17) is 11.6 Å². The molecule has 0 radical (unpaired) electrons. The Morgan fingerprint density at radius 2 is 2.29 bits per heavy atom. The highest BCUT2D eigenvalue weighted by Crippen LogP contribution is 2.28. The summed E-state index contributed by atoms with van der Waals surface area (Å²) < 4.78 is 0. The van der Waals surface area contributed by atoms with Crippen LogP contribution in [0, 0.1) is 5.92 Å². The van der Waals surface area contributed by atoms with Gasteiger partial charge in [0.25, 0.3) is 0 Å². The largest absolute Gasteiger partial charge is 0.369 e. The molecule has 17 heavy (non-hydrogen) atoms. The molecule has 0 saturated carbocycles. The monoisotopic (exact) mass is 269 g/mol. The molecule has 0 aliphatic carbocycles. The van der Waals surface area contributed by atoms with Crippen LogP contribution in [0.15, 0.2) is 12.4 Å². The zero-order valence-corrected chi connectivity index (χ0v) is 11.6. The standard InChI is InChI=1S/C12H16ClN3S/c1-3-9-4-10-11(14-6-8(2)5-13)15-7-16-12(10)17-9/h4,7-8H,3,5-6H2,1-2H3,(H,14,15,16). The van der Waals surface area contributed by atoms with Gasteiger partial charge in [0.05, 0.1) is 5.39 Å². The maximum Gasteiger partial charge on any atom is 0.138 e. The molecule has 2 aromatic heterocycles. The fourth-order valence-corrected chi connectivity index (χ4v) is 2.59. The lowest BCUT2D eigenvalue weighted by Crippen LogP contribution is -2.13. The van der Waals surface area contributed by atoms with Gasteiger partial charge in [-0.3, -0.25) is 0 Å². The number of hydrogen-bond acceptors (Lipinski definition) is 4. The molecule has 0 aromatic carbocycles. The van der Waals surface area contributed by atoms with Crippen LogP contribution in [0.4, 0.5) is 5.82 Å². The molecule has 1 atom stereocenters. The van der Waals surface area contributed by atoms with Gasteiger partial charge in [0.15, 0.2) is 0 Å². The average Bonchev–Trinajstić information content (AvgIpc) is 2.79. The zero-order valence-electron chi connectivity index (χ0n) is 10.0. The van der Waals surface area contributed by atoms with Crippen LogP contribution in [0.2, 0.25) is 0 Å². The van der Waals surface area contributed by atoms with E-state index in [-0.39, 0.29) is 0 Å². The maximum atomic E-state index is 5.79. The van der Waals surface area contributed by atoms with Crippen LogP contribution >= 0.6 is 22.9 Å². The Morgan fingerprint density at radius 3 is 3.00 bits per heavy atom. The third kappa shape index (κ3) is 2.87. The van der Waals surface area contributed by atoms with Crippen molar-refractivity contribution < 1.29 is 0 Å². The highest BCUT2D eigenvalue weighted by Gasteiger charge is 2.08. The summed E-state index contributed by atoms with van der Waals surface area (Å²) in [6.45, 7) is 5.11. The summed E-state index contributed by atoms with van der Waals surface area (Å²) >= 11 is 7.53. The lowest BCUT2D eigenvalue weighted by atomic mass is 10.2. The lowest BCUT2D eigenvalue weighted by molar-refractivity contribution is 0.695. The molecule has 0 aliphatic rings. The van der Waals surface area contributed by atoms with E-state index in [0.29, 0.717) is 11.8 Å². The number of nitrogens with zero attached hydrogens (tertiary/aromatic N) is 2. The molecule has 0 saturated heterocycles. The van der Waals surface area contributed by atoms with E-state index >= 15 is 0 Å². The molecule has 0 amide bonds. The van der Waals surface area contributed by atoms with Crippen LogP contribution in [-0.4, -0.2) is 22.4 Å². The first-order chi connectivity index (χ1) is 8.24. The summed E-state index contributed by atoms with van der Waals surface area (Å²) in [6, 6.07) is 2.17. The number of aryl methyl sites for hydroxylation is 1. The number of fused-ring (bicyclic) bond motifs is 1. The van der Waals surface area contributed by atoms with Gasteiger partial charge in [-0.2, -0.15) is 0 Å². The first kappa shape index (κ1) is 12.6. The maximum absolute atomic E-state index is 5.79. The predicted molar refractivity (Wildman–Crippen MR) is 75.2 cm³/mol. The van der Waals surface area contributed by atoms with Gasteiger partial charge < -0.3 is 5.32 Å². The second-order valence-electron chi connectivity index (χ2n) is 4.15. The Morgan fingerprint density at radius 1 is 1.47 bits per heavy atom. The van der Waals surface area contributed by atoms with E-state index in [1.54, 1.807) is 17.7 Å². The van der Waals surface area contributed by atoms with Gasteiger partial charge in [-0.15, -0.1) is 22.9 Å². The minimum Gasteiger partial charge on any atom is -0.369 e. The van der Waals surface area contributed by atoms with Crippen LogP contribution in [0.25, 0.3) is 10.2 Å². The number of halogens is 1. The van der Waals surface area contributed by atoms with E-state index in [1.807, 2.05) is 0 Å². The van der Waals surface area contributed by atoms with Gasteiger partial charge in [0.2, 0.25) is 0 Å². The topological polar surface area (TPSA) is 37.8 Å². The second-order valence-corrected chi connectivity index (χ2v) is 5.57. The Hall–Kier alpha value is -0.870. The van der Waals surface area contributed by atoms with E-state index in [9.17, 15) is 0 Å². The van der Waals surface area contributed by atoms with E-state index in [2.05, 4.69) is 35.2 Å². The number of aromatic nitrogens is 2. The van der Waals surface area contributed by atoms with Crippen molar-refractivity contribution >= 4 is 39.0 Å². The molecule has 92 valence electrons. The molecule has 0 aliphatic heterocycles. The van der Waals surface area contributed by atoms with Crippen LogP contribution in [-0.2, 0) is 6.42 Å². The van der Waals surface area contributed by atoms with Crippen molar-refractivity contribution in [3.63, 3.8) is 0 Å². The summed E-state index contributed by atoms with van der Waals surface area (Å²) in [7, 11) is 0. The molecular weight excluding hydrogens is 254 g/mol. The van der Waals surface area contributed by atoms with Crippen LogP contribution in [0.1, 0.15) is 18.7 Å². The number of hydrogen-bond donors (Lipinski definition) is 1. The van der Waals surface area contributed by atoms with E-state index in [1.165, 1.54) is 4.88 Å². The SMILES string of the molecule is CCc1cc2c(NCC(C)CCl)ncnc2s1. The van der Waals surface area contributed by atoms with Gasteiger partial charge in [0, 0.05) is 17.3 Å². The first-order valence-electron chi connectivity index (χ1n) is 5.77. The summed E-state index contributed by atoms with van der Waals surface area (Å²) in [5.41, 5.74) is 0. The smallest absolute Gasteiger partial charge is 0.138 e. The van der Waals surface area contributed by atoms with Crippen LogP contribution in [0.5, 0.6) is 0 Å². The van der Waals surface area contributed by atoms with E-state index in [0.717, 1.165) is 29.0 Å². The molecule has 1 N–H and O–H groups in total. The predicted octanol–water partition coefficient (Wildman–Crippen LogP) is 3.54. The fourth-order valence-electron chi connectivity index (χ4n) is 1.55. The molecule has 0 fully saturated rings. The van der Waals surface area contributed by atoms with Gasteiger partial charge in [0.1, 0.15) is 17.0 Å². The Labute approximate surface area is 110 Å². The average molecular weight is 270 g/mol. The van der Waals surface area contributed by atoms with Crippen molar-refractivity contribution in [2.24, 2.45) is 5.92 Å². The third-order valence-electron chi connectivity index (χ3n) is 2.61. The normalized spacial score (nSPS) is 12.9. The number of nitrogens with one attached hydrogen (secondary N) is 1. The quantitative estimate of drug-likeness (QED) is 0.844. The highest BCUT2D eigenvalue weighted by molar-refractivity contribution is 7.18. The molecule has 0 bridgehead atoms. The lowest BCUT2D eigenvalue weighted by Gasteiger charge is -2.10. The Kier molecular flexibility index (Phi) is 4.18. The minimum absolute atomic E-state index is 0.436. The number of rotatable bonds is 5. The van der Waals surface area contributed by atoms with Crippen LogP contribution in [0.3, 0.4) is 0 Å². The van der Waals surface area contributed by atoms with E-state index < -0.39 is 0 Å². The molecule has 5 heteroatoms.